The number of fused-ring (bicyclic) bond motifs is 1. The normalized spacial score (nSPS) is 10.7. The molecule has 0 spiro atoms. The molecule has 0 atom stereocenters. The summed E-state index contributed by atoms with van der Waals surface area (Å²) < 4.78 is 5.84. The van der Waals surface area contributed by atoms with Crippen molar-refractivity contribution in [1.82, 2.24) is 15.2 Å². The first-order valence-electron chi connectivity index (χ1n) is 8.58. The lowest BCUT2D eigenvalue weighted by Crippen LogP contribution is -1.96. The summed E-state index contributed by atoms with van der Waals surface area (Å²) in [5.74, 6) is 0.964. The molecule has 0 unspecified atom stereocenters. The highest BCUT2D eigenvalue weighted by Crippen LogP contribution is 2.33. The topological polar surface area (TPSA) is 101 Å². The number of nitrogens with one attached hydrogen (secondary N) is 1. The second-order valence-corrected chi connectivity index (χ2v) is 6.01. The van der Waals surface area contributed by atoms with Gasteiger partial charge >= 0.3 is 0 Å². The number of nitrogens with zero attached hydrogens (tertiary/aromatic N) is 3. The molecule has 0 saturated heterocycles. The number of pyridine rings is 1. The smallest absolute Gasteiger partial charge is 0.163 e. The predicted molar refractivity (Wildman–Crippen MR) is 105 cm³/mol. The van der Waals surface area contributed by atoms with Crippen molar-refractivity contribution in [3.05, 3.63) is 60.2 Å². The first kappa shape index (κ1) is 16.6. The van der Waals surface area contributed by atoms with Gasteiger partial charge in [-0.15, -0.1) is 0 Å². The van der Waals surface area contributed by atoms with Crippen molar-refractivity contribution in [2.24, 2.45) is 0 Å². The third-order valence-corrected chi connectivity index (χ3v) is 4.34. The second kappa shape index (κ2) is 6.81. The molecule has 4 aromatic rings. The fourth-order valence-corrected chi connectivity index (χ4v) is 3.06. The lowest BCUT2D eigenvalue weighted by atomic mass is 10.0. The number of H-pyrrole nitrogens is 1. The van der Waals surface area contributed by atoms with Crippen LogP contribution in [0.25, 0.3) is 33.4 Å². The summed E-state index contributed by atoms with van der Waals surface area (Å²) in [5.41, 5.74) is 10.1. The highest BCUT2D eigenvalue weighted by atomic mass is 16.5. The number of nitrogen functional groups attached to an aromatic ring is 1. The maximum Gasteiger partial charge on any atom is 0.163 e. The Morgan fingerprint density at radius 1 is 1.11 bits per heavy atom. The van der Waals surface area contributed by atoms with E-state index in [1.54, 1.807) is 0 Å². The van der Waals surface area contributed by atoms with Gasteiger partial charge in [-0.25, -0.2) is 4.98 Å². The van der Waals surface area contributed by atoms with Crippen molar-refractivity contribution in [3.63, 3.8) is 0 Å². The van der Waals surface area contributed by atoms with Crippen LogP contribution in [0, 0.1) is 11.3 Å². The van der Waals surface area contributed by atoms with E-state index in [1.165, 1.54) is 0 Å². The van der Waals surface area contributed by atoms with E-state index in [9.17, 15) is 5.26 Å². The van der Waals surface area contributed by atoms with Crippen molar-refractivity contribution in [2.75, 3.05) is 12.3 Å². The van der Waals surface area contributed by atoms with E-state index in [2.05, 4.69) is 16.3 Å². The molecule has 0 radical (unpaired) electrons. The number of aromatic amines is 1. The van der Waals surface area contributed by atoms with Gasteiger partial charge in [0.2, 0.25) is 0 Å². The summed E-state index contributed by atoms with van der Waals surface area (Å²) in [7, 11) is 0. The molecule has 6 nitrogen and oxygen atoms in total. The van der Waals surface area contributed by atoms with Crippen molar-refractivity contribution in [3.8, 4) is 34.3 Å². The summed E-state index contributed by atoms with van der Waals surface area (Å²) in [6.07, 6.45) is 0. The first-order chi connectivity index (χ1) is 13.2. The highest BCUT2D eigenvalue weighted by Gasteiger charge is 2.15. The third kappa shape index (κ3) is 2.96. The zero-order valence-corrected chi connectivity index (χ0v) is 14.7. The highest BCUT2D eigenvalue weighted by molar-refractivity contribution is 5.91. The Kier molecular flexibility index (Phi) is 4.19. The van der Waals surface area contributed by atoms with E-state index in [0.29, 0.717) is 17.9 Å². The van der Waals surface area contributed by atoms with Gasteiger partial charge < -0.3 is 10.5 Å². The van der Waals surface area contributed by atoms with Gasteiger partial charge in [0.15, 0.2) is 5.82 Å². The fourth-order valence-electron chi connectivity index (χ4n) is 3.06. The average Bonchev–Trinajstić information content (AvgIpc) is 3.08. The molecule has 2 aromatic carbocycles. The van der Waals surface area contributed by atoms with Crippen LogP contribution in [0.1, 0.15) is 12.5 Å². The van der Waals surface area contributed by atoms with Gasteiger partial charge in [-0.05, 0) is 19.1 Å². The standard InChI is InChI=1S/C21H17N5O/c1-2-27-19-11-17(13-6-4-3-5-7-13)24-18-10-14(8-9-15(18)19)20-16(12-22)21(23)26-25-20/h3-11H,2H2,1H3,(H3,23,25,26). The van der Waals surface area contributed by atoms with Crippen molar-refractivity contribution in [2.45, 2.75) is 6.92 Å². The molecular weight excluding hydrogens is 338 g/mol. The Bertz CT molecular complexity index is 1160. The van der Waals surface area contributed by atoms with Crippen molar-refractivity contribution in [1.29, 1.82) is 5.26 Å². The Balaban J connectivity index is 1.93. The molecular formula is C21H17N5O. The Morgan fingerprint density at radius 3 is 2.67 bits per heavy atom. The quantitative estimate of drug-likeness (QED) is 0.573. The number of nitriles is 1. The van der Waals surface area contributed by atoms with Crippen LogP contribution in [0.5, 0.6) is 5.75 Å². The van der Waals surface area contributed by atoms with Crippen LogP contribution in [0.15, 0.2) is 54.6 Å². The number of nitrogens with two attached hydrogens (primary N) is 1. The molecule has 2 heterocycles. The van der Waals surface area contributed by atoms with Gasteiger partial charge in [0.25, 0.3) is 0 Å². The molecule has 0 amide bonds. The average molecular weight is 355 g/mol. The molecule has 132 valence electrons. The lowest BCUT2D eigenvalue weighted by Gasteiger charge is -2.11. The molecule has 0 fully saturated rings. The number of benzene rings is 2. The van der Waals surface area contributed by atoms with E-state index < -0.39 is 0 Å². The fraction of sp³-hybridized carbons (Fsp3) is 0.0952. The zero-order valence-electron chi connectivity index (χ0n) is 14.7. The molecule has 0 aliphatic carbocycles. The number of hydrogen-bond donors (Lipinski definition) is 2. The van der Waals surface area contributed by atoms with Crippen molar-refractivity contribution >= 4 is 16.7 Å². The summed E-state index contributed by atoms with van der Waals surface area (Å²) in [6.45, 7) is 2.51. The van der Waals surface area contributed by atoms with Gasteiger partial charge in [-0.1, -0.05) is 36.4 Å². The number of anilines is 1. The Morgan fingerprint density at radius 2 is 1.93 bits per heavy atom. The van der Waals surface area contributed by atoms with Crippen LogP contribution >= 0.6 is 0 Å². The minimum Gasteiger partial charge on any atom is -0.493 e. The van der Waals surface area contributed by atoms with Crippen LogP contribution in [0.3, 0.4) is 0 Å². The molecule has 0 aliphatic rings. The summed E-state index contributed by atoms with van der Waals surface area (Å²) in [4.78, 5) is 4.81. The molecule has 6 heteroatoms. The van der Waals surface area contributed by atoms with Gasteiger partial charge in [-0.2, -0.15) is 10.4 Å². The summed E-state index contributed by atoms with van der Waals surface area (Å²) in [5, 5.41) is 17.0. The van der Waals surface area contributed by atoms with Gasteiger partial charge in [0, 0.05) is 22.6 Å². The largest absolute Gasteiger partial charge is 0.493 e. The third-order valence-electron chi connectivity index (χ3n) is 4.34. The van der Waals surface area contributed by atoms with E-state index in [-0.39, 0.29) is 5.82 Å². The molecule has 0 saturated carbocycles. The van der Waals surface area contributed by atoms with Crippen LogP contribution in [-0.2, 0) is 0 Å². The number of hydrogen-bond acceptors (Lipinski definition) is 5. The maximum absolute atomic E-state index is 9.34. The number of aromatic nitrogens is 3. The summed E-state index contributed by atoms with van der Waals surface area (Å²) in [6, 6.07) is 19.8. The molecule has 4 rings (SSSR count). The minimum absolute atomic E-state index is 0.189. The second-order valence-electron chi connectivity index (χ2n) is 6.01. The van der Waals surface area contributed by atoms with E-state index in [4.69, 9.17) is 15.5 Å². The van der Waals surface area contributed by atoms with Gasteiger partial charge in [-0.3, -0.25) is 5.10 Å². The first-order valence-corrected chi connectivity index (χ1v) is 8.58. The zero-order chi connectivity index (χ0) is 18.8. The van der Waals surface area contributed by atoms with Gasteiger partial charge in [0.1, 0.15) is 17.4 Å². The number of ether oxygens (including phenoxy) is 1. The minimum atomic E-state index is 0.189. The Hall–Kier alpha value is -3.85. The van der Waals surface area contributed by atoms with E-state index in [0.717, 1.165) is 33.5 Å². The van der Waals surface area contributed by atoms with Crippen LogP contribution < -0.4 is 10.5 Å². The molecule has 27 heavy (non-hydrogen) atoms. The molecule has 0 bridgehead atoms. The van der Waals surface area contributed by atoms with Crippen LogP contribution in [-0.4, -0.2) is 21.8 Å². The monoisotopic (exact) mass is 355 g/mol. The van der Waals surface area contributed by atoms with Gasteiger partial charge in [0.05, 0.1) is 23.5 Å². The Labute approximate surface area is 156 Å². The molecule has 0 aliphatic heterocycles. The summed E-state index contributed by atoms with van der Waals surface area (Å²) >= 11 is 0. The number of rotatable bonds is 4. The predicted octanol–water partition coefficient (Wildman–Crippen LogP) is 4.14. The van der Waals surface area contributed by atoms with Crippen LogP contribution in [0.2, 0.25) is 0 Å². The van der Waals surface area contributed by atoms with Crippen molar-refractivity contribution < 1.29 is 4.74 Å². The van der Waals surface area contributed by atoms with Crippen LogP contribution in [0.4, 0.5) is 5.82 Å². The maximum atomic E-state index is 9.34. The molecule has 3 N–H and O–H groups in total. The SMILES string of the molecule is CCOc1cc(-c2ccccc2)nc2cc(-c3[nH]nc(N)c3C#N)ccc12. The van der Waals surface area contributed by atoms with E-state index in [1.807, 2.05) is 61.5 Å². The molecule has 2 aromatic heterocycles. The lowest BCUT2D eigenvalue weighted by molar-refractivity contribution is 0.344. The van der Waals surface area contributed by atoms with E-state index >= 15 is 0 Å².